The highest BCUT2D eigenvalue weighted by atomic mass is 79.9. The molecule has 1 rings (SSSR count). The molecule has 1 N–H and O–H groups in total. The van der Waals surface area contributed by atoms with Crippen molar-refractivity contribution in [3.05, 3.63) is 21.2 Å². The third-order valence-electron chi connectivity index (χ3n) is 2.00. The first-order chi connectivity index (χ1) is 7.70. The number of alkyl halides is 1. The van der Waals surface area contributed by atoms with Crippen LogP contribution in [0.5, 0.6) is 0 Å². The van der Waals surface area contributed by atoms with Gasteiger partial charge in [-0.05, 0) is 15.9 Å². The number of nitrogens with zero attached hydrogens (tertiary/aromatic N) is 2. The largest absolute Gasteiger partial charge is 0.383 e. The summed E-state index contributed by atoms with van der Waals surface area (Å²) < 4.78 is 5.48. The van der Waals surface area contributed by atoms with E-state index in [0.717, 1.165) is 11.9 Å². The second-order valence-corrected chi connectivity index (χ2v) is 4.62. The first kappa shape index (κ1) is 13.7. The maximum atomic E-state index is 11.4. The van der Waals surface area contributed by atoms with Gasteiger partial charge in [0.2, 0.25) is 0 Å². The summed E-state index contributed by atoms with van der Waals surface area (Å²) in [5.74, 6) is 0.639. The minimum atomic E-state index is -0.179. The van der Waals surface area contributed by atoms with E-state index < -0.39 is 0 Å². The van der Waals surface area contributed by atoms with E-state index in [-0.39, 0.29) is 5.56 Å². The first-order valence-electron chi connectivity index (χ1n) is 4.73. The van der Waals surface area contributed by atoms with Crippen LogP contribution in [-0.4, -0.2) is 42.1 Å². The van der Waals surface area contributed by atoms with Crippen LogP contribution in [0.3, 0.4) is 0 Å². The normalized spacial score (nSPS) is 10.4. The monoisotopic (exact) mass is 353 g/mol. The van der Waals surface area contributed by atoms with E-state index in [1.165, 1.54) is 6.33 Å². The molecule has 0 fully saturated rings. The van der Waals surface area contributed by atoms with E-state index in [2.05, 4.69) is 41.8 Å². The third kappa shape index (κ3) is 3.57. The number of hydrogen-bond acceptors (Lipinski definition) is 4. The van der Waals surface area contributed by atoms with Crippen LogP contribution in [0.1, 0.15) is 0 Å². The van der Waals surface area contributed by atoms with Crippen molar-refractivity contribution < 1.29 is 4.74 Å². The van der Waals surface area contributed by atoms with Crippen LogP contribution in [-0.2, 0) is 4.74 Å². The number of H-pyrrole nitrogens is 1. The zero-order chi connectivity index (χ0) is 12.0. The third-order valence-corrected chi connectivity index (χ3v) is 3.07. The van der Waals surface area contributed by atoms with Gasteiger partial charge in [-0.25, -0.2) is 4.98 Å². The zero-order valence-corrected chi connectivity index (χ0v) is 12.0. The average Bonchev–Trinajstić information content (AvgIpc) is 2.28. The van der Waals surface area contributed by atoms with Crippen LogP contribution in [0.2, 0.25) is 0 Å². The zero-order valence-electron chi connectivity index (χ0n) is 8.87. The summed E-state index contributed by atoms with van der Waals surface area (Å²) in [7, 11) is 1.65. The van der Waals surface area contributed by atoms with Crippen LogP contribution >= 0.6 is 31.9 Å². The Morgan fingerprint density at radius 1 is 1.56 bits per heavy atom. The van der Waals surface area contributed by atoms with Crippen LogP contribution in [0.15, 0.2) is 15.6 Å². The Morgan fingerprint density at radius 3 is 2.94 bits per heavy atom. The van der Waals surface area contributed by atoms with Gasteiger partial charge in [-0.1, -0.05) is 15.9 Å². The number of anilines is 1. The molecule has 0 aromatic carbocycles. The molecule has 7 heteroatoms. The number of rotatable bonds is 6. The van der Waals surface area contributed by atoms with Crippen molar-refractivity contribution in [3.8, 4) is 0 Å². The van der Waals surface area contributed by atoms with E-state index in [9.17, 15) is 4.79 Å². The lowest BCUT2D eigenvalue weighted by atomic mass is 10.4. The number of methoxy groups -OCH3 is 1. The molecule has 90 valence electrons. The fourth-order valence-electron chi connectivity index (χ4n) is 1.22. The summed E-state index contributed by atoms with van der Waals surface area (Å²) in [6.07, 6.45) is 1.40. The summed E-state index contributed by atoms with van der Waals surface area (Å²) in [6.45, 7) is 2.05. The molecule has 5 nitrogen and oxygen atoms in total. The van der Waals surface area contributed by atoms with Crippen LogP contribution in [0, 0.1) is 0 Å². The van der Waals surface area contributed by atoms with Crippen molar-refractivity contribution in [3.63, 3.8) is 0 Å². The van der Waals surface area contributed by atoms with Gasteiger partial charge in [0, 0.05) is 25.5 Å². The van der Waals surface area contributed by atoms with E-state index in [0.29, 0.717) is 23.4 Å². The number of hydrogen-bond donors (Lipinski definition) is 1. The predicted octanol–water partition coefficient (Wildman–Crippen LogP) is 1.38. The molecule has 0 aliphatic carbocycles. The van der Waals surface area contributed by atoms with Gasteiger partial charge in [0.25, 0.3) is 5.56 Å². The van der Waals surface area contributed by atoms with Crippen molar-refractivity contribution in [2.24, 2.45) is 0 Å². The molecule has 16 heavy (non-hydrogen) atoms. The molecule has 0 aliphatic rings. The summed E-state index contributed by atoms with van der Waals surface area (Å²) in [4.78, 5) is 20.1. The van der Waals surface area contributed by atoms with Gasteiger partial charge in [-0.3, -0.25) is 4.79 Å². The quantitative estimate of drug-likeness (QED) is 0.784. The van der Waals surface area contributed by atoms with Gasteiger partial charge in [-0.15, -0.1) is 0 Å². The summed E-state index contributed by atoms with van der Waals surface area (Å²) >= 11 is 6.61. The molecule has 0 radical (unpaired) electrons. The summed E-state index contributed by atoms with van der Waals surface area (Å²) in [6, 6.07) is 0. The van der Waals surface area contributed by atoms with E-state index in [1.54, 1.807) is 7.11 Å². The van der Waals surface area contributed by atoms with Gasteiger partial charge in [-0.2, -0.15) is 0 Å². The fraction of sp³-hybridized carbons (Fsp3) is 0.556. The molecule has 0 amide bonds. The minimum Gasteiger partial charge on any atom is -0.383 e. The molecule has 0 aliphatic heterocycles. The molecule has 0 atom stereocenters. The lowest BCUT2D eigenvalue weighted by Gasteiger charge is -2.22. The Labute approximate surface area is 110 Å². The van der Waals surface area contributed by atoms with Crippen molar-refractivity contribution in [1.82, 2.24) is 9.97 Å². The molecule has 0 bridgehead atoms. The minimum absolute atomic E-state index is 0.179. The van der Waals surface area contributed by atoms with E-state index in [1.807, 2.05) is 4.90 Å². The highest BCUT2D eigenvalue weighted by Crippen LogP contribution is 2.18. The Kier molecular flexibility index (Phi) is 6.00. The van der Waals surface area contributed by atoms with Gasteiger partial charge >= 0.3 is 0 Å². The lowest BCUT2D eigenvalue weighted by Crippen LogP contribution is -2.31. The molecule has 0 saturated carbocycles. The van der Waals surface area contributed by atoms with Gasteiger partial charge < -0.3 is 14.6 Å². The van der Waals surface area contributed by atoms with Gasteiger partial charge in [0.1, 0.15) is 10.3 Å². The highest BCUT2D eigenvalue weighted by molar-refractivity contribution is 9.10. The maximum absolute atomic E-state index is 11.4. The van der Waals surface area contributed by atoms with Crippen molar-refractivity contribution >= 4 is 37.7 Å². The van der Waals surface area contributed by atoms with Crippen molar-refractivity contribution in [2.75, 3.05) is 37.0 Å². The number of nitrogens with one attached hydrogen (secondary N) is 1. The molecule has 1 heterocycles. The van der Waals surface area contributed by atoms with Crippen molar-refractivity contribution in [1.29, 1.82) is 0 Å². The highest BCUT2D eigenvalue weighted by Gasteiger charge is 2.12. The smallest absolute Gasteiger partial charge is 0.267 e. The molecule has 0 unspecified atom stereocenters. The number of halogens is 2. The molecule has 0 saturated heterocycles. The average molecular weight is 355 g/mol. The van der Waals surface area contributed by atoms with Crippen molar-refractivity contribution in [2.45, 2.75) is 0 Å². The van der Waals surface area contributed by atoms with Crippen LogP contribution < -0.4 is 10.5 Å². The predicted molar refractivity (Wildman–Crippen MR) is 70.4 cm³/mol. The van der Waals surface area contributed by atoms with E-state index in [4.69, 9.17) is 4.74 Å². The number of ether oxygens (including phenoxy) is 1. The second kappa shape index (κ2) is 7.03. The molecular formula is C9H13Br2N3O2. The molecular weight excluding hydrogens is 342 g/mol. The Balaban J connectivity index is 2.91. The summed E-state index contributed by atoms with van der Waals surface area (Å²) in [5, 5.41) is 0.803. The SMILES string of the molecule is COCCN(CCBr)c1nc[nH]c(=O)c1Br. The topological polar surface area (TPSA) is 58.2 Å². The van der Waals surface area contributed by atoms with Crippen LogP contribution in [0.25, 0.3) is 0 Å². The molecule has 1 aromatic heterocycles. The Bertz CT molecular complexity index is 383. The van der Waals surface area contributed by atoms with E-state index >= 15 is 0 Å². The number of aromatic nitrogens is 2. The fourth-order valence-corrected chi connectivity index (χ4v) is 2.12. The maximum Gasteiger partial charge on any atom is 0.267 e. The molecule has 1 aromatic rings. The Hall–Kier alpha value is -0.400. The van der Waals surface area contributed by atoms with Gasteiger partial charge in [0.05, 0.1) is 12.9 Å². The Morgan fingerprint density at radius 2 is 2.31 bits per heavy atom. The van der Waals surface area contributed by atoms with Gasteiger partial charge in [0.15, 0.2) is 0 Å². The standard InChI is InChI=1S/C9H13Br2N3O2/c1-16-5-4-14(3-2-10)8-7(11)9(15)13-6-12-8/h6H,2-5H2,1H3,(H,12,13,15). The number of aromatic amines is 1. The molecule has 0 spiro atoms. The first-order valence-corrected chi connectivity index (χ1v) is 6.65. The van der Waals surface area contributed by atoms with Crippen LogP contribution in [0.4, 0.5) is 5.82 Å². The second-order valence-electron chi connectivity index (χ2n) is 3.04. The summed E-state index contributed by atoms with van der Waals surface area (Å²) in [5.41, 5.74) is -0.179. The lowest BCUT2D eigenvalue weighted by molar-refractivity contribution is 0.205.